The van der Waals surface area contributed by atoms with E-state index in [4.69, 9.17) is 9.47 Å². The number of esters is 1. The quantitative estimate of drug-likeness (QED) is 0.266. The van der Waals surface area contributed by atoms with Crippen LogP contribution in [0.4, 0.5) is 5.69 Å². The number of carbonyl (C=O) groups excluding carboxylic acids is 2. The summed E-state index contributed by atoms with van der Waals surface area (Å²) in [6.07, 6.45) is 0.288. The number of fused-ring (bicyclic) bond motifs is 3. The number of nitriles is 1. The predicted molar refractivity (Wildman–Crippen MR) is 115 cm³/mol. The van der Waals surface area contributed by atoms with Gasteiger partial charge in [-0.1, -0.05) is 6.07 Å². The number of aryl methyl sites for hydroxylation is 1. The van der Waals surface area contributed by atoms with Gasteiger partial charge in [0.2, 0.25) is 0 Å². The third-order valence-corrected chi connectivity index (χ3v) is 6.47. The molecule has 2 unspecified atom stereocenters. The molecule has 3 aromatic rings. The molecule has 0 aliphatic heterocycles. The molecule has 164 valence electrons. The third kappa shape index (κ3) is 2.99. The number of ketones is 1. The van der Waals surface area contributed by atoms with E-state index < -0.39 is 22.2 Å². The van der Waals surface area contributed by atoms with E-state index in [1.54, 1.807) is 18.2 Å². The number of carbonyl (C=O) groups is 2. The molecule has 9 heteroatoms. The van der Waals surface area contributed by atoms with Gasteiger partial charge >= 0.3 is 5.97 Å². The number of hydrogen-bond donors (Lipinski definition) is 0. The summed E-state index contributed by atoms with van der Waals surface area (Å²) in [5, 5.41) is 23.0. The highest BCUT2D eigenvalue weighted by molar-refractivity contribution is 6.13. The van der Waals surface area contributed by atoms with Crippen molar-refractivity contribution in [3.05, 3.63) is 46.0 Å². The summed E-state index contributed by atoms with van der Waals surface area (Å²) in [4.78, 5) is 35.7. The van der Waals surface area contributed by atoms with Crippen LogP contribution < -0.4 is 4.74 Å². The minimum absolute atomic E-state index is 0.0122. The second-order valence-corrected chi connectivity index (χ2v) is 8.00. The Hall–Kier alpha value is -3.93. The minimum atomic E-state index is -1.14. The summed E-state index contributed by atoms with van der Waals surface area (Å²) in [5.41, 5.74) is 0.817. The van der Waals surface area contributed by atoms with Crippen molar-refractivity contribution >= 4 is 39.2 Å². The fourth-order valence-corrected chi connectivity index (χ4v) is 4.83. The highest BCUT2D eigenvalue weighted by Crippen LogP contribution is 2.47. The number of nitrogens with zero attached hydrogens (tertiary/aromatic N) is 3. The number of Topliss-reactive ketones (excluding diaryl/α,β-unsaturated/α-hetero) is 1. The van der Waals surface area contributed by atoms with E-state index in [2.05, 4.69) is 6.07 Å². The molecule has 0 radical (unpaired) electrons. The van der Waals surface area contributed by atoms with Crippen LogP contribution in [0.15, 0.2) is 30.3 Å². The largest absolute Gasteiger partial charge is 0.495 e. The molecule has 1 aromatic heterocycles. The third-order valence-electron chi connectivity index (χ3n) is 6.47. The van der Waals surface area contributed by atoms with E-state index in [1.807, 2.05) is 11.6 Å². The summed E-state index contributed by atoms with van der Waals surface area (Å²) in [6.45, 7) is 0. The first-order valence-corrected chi connectivity index (χ1v) is 10.0. The Morgan fingerprint density at radius 2 is 2.06 bits per heavy atom. The predicted octanol–water partition coefficient (Wildman–Crippen LogP) is 3.55. The van der Waals surface area contributed by atoms with Gasteiger partial charge in [0.05, 0.1) is 36.1 Å². The average Bonchev–Trinajstić information content (AvgIpc) is 3.11. The fraction of sp³-hybridized carbons (Fsp3) is 0.348. The molecule has 1 heterocycles. The number of ether oxygens (including phenoxy) is 2. The molecular weight excluding hydrogens is 414 g/mol. The van der Waals surface area contributed by atoms with Crippen molar-refractivity contribution in [1.29, 1.82) is 5.26 Å². The summed E-state index contributed by atoms with van der Waals surface area (Å²) in [6, 6.07) is 10.4. The van der Waals surface area contributed by atoms with Crippen LogP contribution in [0, 0.1) is 27.4 Å². The molecule has 1 aliphatic rings. The lowest BCUT2D eigenvalue weighted by atomic mass is 9.65. The summed E-state index contributed by atoms with van der Waals surface area (Å²) in [7, 11) is 4.57. The molecule has 0 bridgehead atoms. The highest BCUT2D eigenvalue weighted by Gasteiger charge is 2.46. The lowest BCUT2D eigenvalue weighted by molar-refractivity contribution is -0.384. The second-order valence-electron chi connectivity index (χ2n) is 8.00. The number of rotatable bonds is 4. The van der Waals surface area contributed by atoms with Gasteiger partial charge in [-0.25, -0.2) is 0 Å². The van der Waals surface area contributed by atoms with Crippen LogP contribution in [0.1, 0.15) is 24.8 Å². The number of aromatic nitrogens is 1. The first-order valence-electron chi connectivity index (χ1n) is 10.0. The summed E-state index contributed by atoms with van der Waals surface area (Å²) >= 11 is 0. The van der Waals surface area contributed by atoms with Crippen molar-refractivity contribution in [1.82, 2.24) is 4.57 Å². The topological polar surface area (TPSA) is 124 Å². The fourth-order valence-electron chi connectivity index (χ4n) is 4.83. The Morgan fingerprint density at radius 1 is 1.31 bits per heavy atom. The molecule has 1 fully saturated rings. The Kier molecular flexibility index (Phi) is 5.09. The van der Waals surface area contributed by atoms with Crippen LogP contribution in [-0.2, 0) is 26.8 Å². The van der Waals surface area contributed by atoms with Crippen molar-refractivity contribution in [2.24, 2.45) is 13.0 Å². The average molecular weight is 435 g/mol. The number of non-ortho nitro benzene ring substituents is 1. The molecule has 0 N–H and O–H groups in total. The van der Waals surface area contributed by atoms with Gasteiger partial charge in [0, 0.05) is 41.9 Å². The van der Waals surface area contributed by atoms with E-state index in [-0.39, 0.29) is 30.7 Å². The molecule has 2 atom stereocenters. The van der Waals surface area contributed by atoms with E-state index in [1.165, 1.54) is 26.4 Å². The molecule has 4 rings (SSSR count). The van der Waals surface area contributed by atoms with Crippen LogP contribution in [0.2, 0.25) is 0 Å². The maximum Gasteiger partial charge on any atom is 0.316 e. The van der Waals surface area contributed by atoms with Gasteiger partial charge in [-0.15, -0.1) is 0 Å². The molecular formula is C23H21N3O6. The van der Waals surface area contributed by atoms with Crippen LogP contribution in [0.3, 0.4) is 0 Å². The van der Waals surface area contributed by atoms with E-state index in [9.17, 15) is 25.0 Å². The number of nitro benzene ring substituents is 1. The first kappa shape index (κ1) is 21.3. The normalized spacial score (nSPS) is 20.8. The van der Waals surface area contributed by atoms with Crippen molar-refractivity contribution < 1.29 is 24.0 Å². The van der Waals surface area contributed by atoms with Gasteiger partial charge in [0.1, 0.15) is 17.5 Å². The standard InChI is InChI=1S/C23H21N3O6/c1-25-17-6-4-13(26(29)30)10-14(17)20-16(5-7-19(31-2)21(20)25)23(12-24)9-8-18(27)15(11-23)22(28)32-3/h4-7,10,15H,8-9,11H2,1-3H3. The summed E-state index contributed by atoms with van der Waals surface area (Å²) < 4.78 is 12.2. The van der Waals surface area contributed by atoms with E-state index in [0.717, 1.165) is 5.52 Å². The molecule has 2 aromatic carbocycles. The smallest absolute Gasteiger partial charge is 0.316 e. The monoisotopic (exact) mass is 435 g/mol. The number of methoxy groups -OCH3 is 2. The molecule has 1 aliphatic carbocycles. The molecule has 32 heavy (non-hydrogen) atoms. The molecule has 1 saturated carbocycles. The molecule has 0 spiro atoms. The van der Waals surface area contributed by atoms with Crippen LogP contribution in [0.25, 0.3) is 21.8 Å². The molecule has 9 nitrogen and oxygen atoms in total. The number of nitro groups is 1. The van der Waals surface area contributed by atoms with Gasteiger partial charge in [0.25, 0.3) is 5.69 Å². The summed E-state index contributed by atoms with van der Waals surface area (Å²) in [5.74, 6) is -1.39. The van der Waals surface area contributed by atoms with Crippen molar-refractivity contribution in [3.8, 4) is 11.8 Å². The van der Waals surface area contributed by atoms with Crippen LogP contribution in [-0.4, -0.2) is 35.5 Å². The second kappa shape index (κ2) is 7.64. The molecule has 0 saturated heterocycles. The molecule has 0 amide bonds. The van der Waals surface area contributed by atoms with Crippen molar-refractivity contribution in [2.75, 3.05) is 14.2 Å². The van der Waals surface area contributed by atoms with Gasteiger partial charge in [0.15, 0.2) is 0 Å². The van der Waals surface area contributed by atoms with Crippen LogP contribution >= 0.6 is 0 Å². The Labute approximate surface area is 183 Å². The SMILES string of the molecule is COC(=O)C1CC(C#N)(c2ccc(OC)c3c2c2cc([N+](=O)[O-])ccc2n3C)CCC1=O. The number of benzene rings is 2. The highest BCUT2D eigenvalue weighted by atomic mass is 16.6. The van der Waals surface area contributed by atoms with Crippen molar-refractivity contribution in [2.45, 2.75) is 24.7 Å². The maximum absolute atomic E-state index is 12.4. The Bertz CT molecular complexity index is 1330. The Balaban J connectivity index is 2.07. The van der Waals surface area contributed by atoms with Gasteiger partial charge in [-0.2, -0.15) is 5.26 Å². The zero-order valence-electron chi connectivity index (χ0n) is 17.9. The minimum Gasteiger partial charge on any atom is -0.495 e. The number of hydrogen-bond acceptors (Lipinski definition) is 7. The van der Waals surface area contributed by atoms with E-state index in [0.29, 0.717) is 27.6 Å². The van der Waals surface area contributed by atoms with Gasteiger partial charge in [-0.3, -0.25) is 19.7 Å². The Morgan fingerprint density at radius 3 is 2.69 bits per heavy atom. The van der Waals surface area contributed by atoms with Gasteiger partial charge in [-0.05, 0) is 30.5 Å². The maximum atomic E-state index is 12.4. The van der Waals surface area contributed by atoms with Gasteiger partial charge < -0.3 is 14.0 Å². The van der Waals surface area contributed by atoms with Crippen LogP contribution in [0.5, 0.6) is 5.75 Å². The lowest BCUT2D eigenvalue weighted by Crippen LogP contribution is -2.40. The zero-order valence-corrected chi connectivity index (χ0v) is 17.9. The first-order chi connectivity index (χ1) is 15.3. The van der Waals surface area contributed by atoms with Crippen molar-refractivity contribution in [3.63, 3.8) is 0 Å². The van der Waals surface area contributed by atoms with E-state index >= 15 is 0 Å². The lowest BCUT2D eigenvalue weighted by Gasteiger charge is -2.34. The zero-order chi connectivity index (χ0) is 23.2.